The maximum Gasteiger partial charge on any atom is 0.227 e. The number of rotatable bonds is 8. The van der Waals surface area contributed by atoms with E-state index in [0.717, 1.165) is 72.3 Å². The fourth-order valence-electron chi connectivity index (χ4n) is 3.86. The number of nitrogens with one attached hydrogen (secondary N) is 1. The van der Waals surface area contributed by atoms with Crippen LogP contribution in [0.2, 0.25) is 0 Å². The van der Waals surface area contributed by atoms with Crippen molar-refractivity contribution < 1.29 is 9.47 Å². The molecular formula is C26H29N7O2. The maximum atomic E-state index is 5.77. The number of hydrogen-bond acceptors (Lipinski definition) is 9. The Morgan fingerprint density at radius 3 is 2.60 bits per heavy atom. The van der Waals surface area contributed by atoms with Crippen LogP contribution in [0, 0.1) is 0 Å². The van der Waals surface area contributed by atoms with Crippen LogP contribution in [0.4, 0.5) is 17.5 Å². The molecule has 0 spiro atoms. The van der Waals surface area contributed by atoms with Gasteiger partial charge in [0.15, 0.2) is 0 Å². The molecule has 0 unspecified atom stereocenters. The molecule has 1 aromatic carbocycles. The van der Waals surface area contributed by atoms with Crippen LogP contribution in [0.5, 0.6) is 5.75 Å². The van der Waals surface area contributed by atoms with Gasteiger partial charge >= 0.3 is 0 Å². The molecule has 9 heteroatoms. The third-order valence-electron chi connectivity index (χ3n) is 5.77. The molecule has 1 saturated heterocycles. The first kappa shape index (κ1) is 22.9. The van der Waals surface area contributed by atoms with E-state index >= 15 is 0 Å². The highest BCUT2D eigenvalue weighted by Crippen LogP contribution is 2.28. The average Bonchev–Trinajstić information content (AvgIpc) is 2.89. The van der Waals surface area contributed by atoms with Crippen molar-refractivity contribution in [3.05, 3.63) is 61.1 Å². The number of fused-ring (bicyclic) bond motifs is 1. The minimum atomic E-state index is 0.509. The molecule has 1 aliphatic rings. The van der Waals surface area contributed by atoms with Gasteiger partial charge in [-0.05, 0) is 38.4 Å². The van der Waals surface area contributed by atoms with Crippen molar-refractivity contribution in [3.63, 3.8) is 0 Å². The lowest BCUT2D eigenvalue weighted by Gasteiger charge is -2.27. The number of benzene rings is 1. The topological polar surface area (TPSA) is 88.5 Å². The Kier molecular flexibility index (Phi) is 6.97. The van der Waals surface area contributed by atoms with Crippen molar-refractivity contribution in [2.45, 2.75) is 0 Å². The van der Waals surface area contributed by atoms with E-state index in [9.17, 15) is 0 Å². The number of para-hydroxylation sites is 1. The van der Waals surface area contributed by atoms with Gasteiger partial charge in [-0.15, -0.1) is 0 Å². The zero-order valence-electron chi connectivity index (χ0n) is 20.0. The summed E-state index contributed by atoms with van der Waals surface area (Å²) in [4.78, 5) is 22.8. The van der Waals surface area contributed by atoms with Gasteiger partial charge in [-0.25, -0.2) is 15.0 Å². The third kappa shape index (κ3) is 5.64. The molecule has 35 heavy (non-hydrogen) atoms. The molecule has 0 atom stereocenters. The highest BCUT2D eigenvalue weighted by Gasteiger charge is 2.13. The van der Waals surface area contributed by atoms with Gasteiger partial charge in [0.2, 0.25) is 5.95 Å². The Bertz CT molecular complexity index is 1260. The fourth-order valence-corrected chi connectivity index (χ4v) is 3.86. The highest BCUT2D eigenvalue weighted by molar-refractivity contribution is 5.93. The SMILES string of the molecule is CN(C)CCOc1ccc(-c2cccc3cnc(Nc4ccc(N5CCOCC5)nc4)nc23)nc1. The summed E-state index contributed by atoms with van der Waals surface area (Å²) in [6.45, 7) is 4.64. The van der Waals surface area contributed by atoms with Gasteiger partial charge in [0.25, 0.3) is 0 Å². The Balaban J connectivity index is 1.33. The van der Waals surface area contributed by atoms with Gasteiger partial charge in [-0.3, -0.25) is 4.98 Å². The van der Waals surface area contributed by atoms with Crippen molar-refractivity contribution >= 4 is 28.4 Å². The normalized spacial score (nSPS) is 13.9. The van der Waals surface area contributed by atoms with Crippen molar-refractivity contribution in [1.29, 1.82) is 0 Å². The first-order valence-electron chi connectivity index (χ1n) is 11.7. The van der Waals surface area contributed by atoms with E-state index in [2.05, 4.69) is 30.1 Å². The summed E-state index contributed by atoms with van der Waals surface area (Å²) >= 11 is 0. The van der Waals surface area contributed by atoms with E-state index in [4.69, 9.17) is 14.5 Å². The number of hydrogen-bond donors (Lipinski definition) is 1. The lowest BCUT2D eigenvalue weighted by molar-refractivity contribution is 0.122. The molecule has 9 nitrogen and oxygen atoms in total. The summed E-state index contributed by atoms with van der Waals surface area (Å²) in [6, 6.07) is 13.9. The second kappa shape index (κ2) is 10.6. The number of morpholine rings is 1. The van der Waals surface area contributed by atoms with Crippen LogP contribution in [0.1, 0.15) is 0 Å². The highest BCUT2D eigenvalue weighted by atomic mass is 16.5. The van der Waals surface area contributed by atoms with Gasteiger partial charge in [0.1, 0.15) is 18.2 Å². The first-order chi connectivity index (χ1) is 17.2. The summed E-state index contributed by atoms with van der Waals surface area (Å²) in [5, 5.41) is 4.22. The molecule has 0 amide bonds. The largest absolute Gasteiger partial charge is 0.491 e. The molecule has 1 N–H and O–H groups in total. The van der Waals surface area contributed by atoms with Crippen LogP contribution in [-0.4, -0.2) is 78.4 Å². The van der Waals surface area contributed by atoms with Crippen LogP contribution in [0.3, 0.4) is 0 Å². The van der Waals surface area contributed by atoms with Crippen molar-refractivity contribution in [3.8, 4) is 17.0 Å². The maximum absolute atomic E-state index is 5.77. The fraction of sp³-hybridized carbons (Fsp3) is 0.308. The Morgan fingerprint density at radius 2 is 1.86 bits per heavy atom. The minimum absolute atomic E-state index is 0.509. The molecule has 4 heterocycles. The first-order valence-corrected chi connectivity index (χ1v) is 11.7. The molecule has 180 valence electrons. The van der Waals surface area contributed by atoms with Gasteiger partial charge in [0, 0.05) is 36.8 Å². The van der Waals surface area contributed by atoms with Crippen molar-refractivity contribution in [2.24, 2.45) is 0 Å². The summed E-state index contributed by atoms with van der Waals surface area (Å²) in [5.74, 6) is 2.20. The predicted octanol–water partition coefficient (Wildman–Crippen LogP) is 3.61. The standard InChI is InChI=1S/C26H29N7O2/c1-32(2)10-15-35-21-7-8-23(27-18-21)22-5-3-4-19-16-29-26(31-25(19)22)30-20-6-9-24(28-17-20)33-11-13-34-14-12-33/h3-9,16-18H,10-15H2,1-2H3,(H,29,30,31). The van der Waals surface area contributed by atoms with Gasteiger partial charge in [-0.1, -0.05) is 18.2 Å². The van der Waals surface area contributed by atoms with Gasteiger partial charge < -0.3 is 24.6 Å². The molecule has 5 rings (SSSR count). The number of anilines is 3. The molecule has 1 aliphatic heterocycles. The van der Waals surface area contributed by atoms with E-state index in [0.29, 0.717) is 12.6 Å². The number of likely N-dealkylation sites (N-methyl/N-ethyl adjacent to an activating group) is 1. The number of nitrogens with zero attached hydrogens (tertiary/aromatic N) is 6. The van der Waals surface area contributed by atoms with Gasteiger partial charge in [-0.2, -0.15) is 0 Å². The molecule has 0 saturated carbocycles. The average molecular weight is 472 g/mol. The molecule has 3 aromatic heterocycles. The zero-order valence-corrected chi connectivity index (χ0v) is 20.0. The van der Waals surface area contributed by atoms with Crippen LogP contribution in [0.15, 0.2) is 61.1 Å². The molecule has 0 aliphatic carbocycles. The van der Waals surface area contributed by atoms with Crippen molar-refractivity contribution in [1.82, 2.24) is 24.8 Å². The monoisotopic (exact) mass is 471 g/mol. The Morgan fingerprint density at radius 1 is 0.971 bits per heavy atom. The van der Waals surface area contributed by atoms with Gasteiger partial charge in [0.05, 0.1) is 42.5 Å². The molecule has 0 bridgehead atoms. The summed E-state index contributed by atoms with van der Waals surface area (Å²) in [7, 11) is 4.04. The van der Waals surface area contributed by atoms with Crippen LogP contribution < -0.4 is 15.0 Å². The van der Waals surface area contributed by atoms with Crippen LogP contribution in [0.25, 0.3) is 22.2 Å². The molecular weight excluding hydrogens is 442 g/mol. The summed E-state index contributed by atoms with van der Waals surface area (Å²) in [6.07, 6.45) is 5.38. The van der Waals surface area contributed by atoms with E-state index in [-0.39, 0.29) is 0 Å². The molecule has 1 fully saturated rings. The second-order valence-electron chi connectivity index (χ2n) is 8.60. The Labute approximate surface area is 204 Å². The third-order valence-corrected chi connectivity index (χ3v) is 5.77. The summed E-state index contributed by atoms with van der Waals surface area (Å²) in [5.41, 5.74) is 3.43. The van der Waals surface area contributed by atoms with E-state index in [1.807, 2.05) is 62.8 Å². The van der Waals surface area contributed by atoms with Crippen LogP contribution >= 0.6 is 0 Å². The zero-order chi connectivity index (χ0) is 24.0. The van der Waals surface area contributed by atoms with E-state index in [1.165, 1.54) is 0 Å². The Hall–Kier alpha value is -3.82. The van der Waals surface area contributed by atoms with Crippen molar-refractivity contribution in [2.75, 3.05) is 63.8 Å². The van der Waals surface area contributed by atoms with Crippen LogP contribution in [-0.2, 0) is 4.74 Å². The smallest absolute Gasteiger partial charge is 0.227 e. The number of pyridine rings is 2. The van der Waals surface area contributed by atoms with E-state index < -0.39 is 0 Å². The number of aromatic nitrogens is 4. The number of ether oxygens (including phenoxy) is 2. The lowest BCUT2D eigenvalue weighted by Crippen LogP contribution is -2.36. The molecule has 0 radical (unpaired) electrons. The quantitative estimate of drug-likeness (QED) is 0.414. The minimum Gasteiger partial charge on any atom is -0.491 e. The second-order valence-corrected chi connectivity index (χ2v) is 8.60. The molecule has 4 aromatic rings. The predicted molar refractivity (Wildman–Crippen MR) is 137 cm³/mol. The lowest BCUT2D eigenvalue weighted by atomic mass is 10.1. The summed E-state index contributed by atoms with van der Waals surface area (Å²) < 4.78 is 11.2. The van der Waals surface area contributed by atoms with E-state index in [1.54, 1.807) is 12.4 Å².